The molecule has 2 aromatic carbocycles. The molecular formula is C24H25F4N5O2S. The van der Waals surface area contributed by atoms with Gasteiger partial charge in [-0.25, -0.2) is 18.7 Å². The van der Waals surface area contributed by atoms with Crippen molar-refractivity contribution < 1.29 is 27.1 Å². The number of amides is 1. The minimum absolute atomic E-state index is 0.00405. The van der Waals surface area contributed by atoms with Gasteiger partial charge >= 0.3 is 6.18 Å². The summed E-state index contributed by atoms with van der Waals surface area (Å²) in [6.07, 6.45) is -1.97. The number of aryl methyl sites for hydroxylation is 1. The van der Waals surface area contributed by atoms with Crippen LogP contribution in [-0.4, -0.2) is 46.7 Å². The number of hydrogen-bond acceptors (Lipinski definition) is 6. The van der Waals surface area contributed by atoms with Crippen molar-refractivity contribution in [1.29, 1.82) is 0 Å². The van der Waals surface area contributed by atoms with Crippen LogP contribution in [0.4, 0.5) is 34.8 Å². The molecule has 0 saturated carbocycles. The number of aromatic nitrogens is 2. The standard InChI is InChI=1S/C24H25F4N5O2S/c1-14-5-6-36(11-14)33-17-7-15(2)22-19(9-17)30-13-31-23(22)32-18-4-3-16(25)8-20(18)35-10-21(34)29-12-24(26,27)28/h3-4,7-9,13-14H,5-6,10-12H2,1-2H3,(H,29,34)(H,30,31,32). The third-order valence-corrected chi connectivity index (χ3v) is 7.65. The number of nitrogens with one attached hydrogen (secondary N) is 2. The molecule has 1 amide bonds. The summed E-state index contributed by atoms with van der Waals surface area (Å²) in [6, 6.07) is 7.50. The summed E-state index contributed by atoms with van der Waals surface area (Å²) >= 11 is 0. The van der Waals surface area contributed by atoms with Gasteiger partial charge < -0.3 is 15.4 Å². The van der Waals surface area contributed by atoms with Crippen LogP contribution in [-0.2, 0) is 15.5 Å². The predicted molar refractivity (Wildman–Crippen MR) is 131 cm³/mol. The fraction of sp³-hybridized carbons (Fsp3) is 0.375. The van der Waals surface area contributed by atoms with Gasteiger partial charge in [0.25, 0.3) is 5.91 Å². The van der Waals surface area contributed by atoms with Crippen LogP contribution < -0.4 is 15.4 Å². The number of anilines is 2. The SMILES string of the molecule is Cc1cc(N=S2CCC(C)C2)cc2ncnc(Nc3ccc(F)cc3OCC(=O)NCC(F)(F)F)c12. The number of ether oxygens (including phenoxy) is 1. The Labute approximate surface area is 207 Å². The van der Waals surface area contributed by atoms with E-state index in [2.05, 4.69) is 22.2 Å². The second kappa shape index (κ2) is 10.8. The first-order chi connectivity index (χ1) is 17.1. The molecule has 2 atom stereocenters. The molecule has 0 radical (unpaired) electrons. The molecule has 0 aliphatic carbocycles. The molecule has 3 aromatic rings. The van der Waals surface area contributed by atoms with Crippen LogP contribution in [0.2, 0.25) is 0 Å². The van der Waals surface area contributed by atoms with Crippen molar-refractivity contribution >= 4 is 44.7 Å². The summed E-state index contributed by atoms with van der Waals surface area (Å²) < 4.78 is 61.0. The van der Waals surface area contributed by atoms with Gasteiger partial charge in [0, 0.05) is 23.0 Å². The minimum Gasteiger partial charge on any atom is -0.481 e. The van der Waals surface area contributed by atoms with Crippen molar-refractivity contribution in [2.75, 3.05) is 30.0 Å². The van der Waals surface area contributed by atoms with Gasteiger partial charge in [-0.1, -0.05) is 17.6 Å². The van der Waals surface area contributed by atoms with E-state index in [0.717, 1.165) is 34.2 Å². The summed E-state index contributed by atoms with van der Waals surface area (Å²) in [4.78, 5) is 20.4. The van der Waals surface area contributed by atoms with Crippen LogP contribution in [0.1, 0.15) is 18.9 Å². The van der Waals surface area contributed by atoms with Crippen molar-refractivity contribution in [1.82, 2.24) is 15.3 Å². The van der Waals surface area contributed by atoms with Crippen molar-refractivity contribution in [3.63, 3.8) is 0 Å². The molecule has 2 N–H and O–H groups in total. The van der Waals surface area contributed by atoms with Gasteiger partial charge in [0.2, 0.25) is 0 Å². The first kappa shape index (κ1) is 25.8. The summed E-state index contributed by atoms with van der Waals surface area (Å²) in [6.45, 7) is 1.96. The Hall–Kier alpha value is -3.28. The van der Waals surface area contributed by atoms with Gasteiger partial charge in [0.1, 0.15) is 30.3 Å². The monoisotopic (exact) mass is 523 g/mol. The fourth-order valence-corrected chi connectivity index (χ4v) is 6.06. The van der Waals surface area contributed by atoms with Crippen LogP contribution >= 0.6 is 0 Å². The second-order valence-corrected chi connectivity index (χ2v) is 10.5. The van der Waals surface area contributed by atoms with Crippen molar-refractivity contribution in [2.24, 2.45) is 10.3 Å². The van der Waals surface area contributed by atoms with Crippen molar-refractivity contribution in [2.45, 2.75) is 26.4 Å². The summed E-state index contributed by atoms with van der Waals surface area (Å²) in [5.74, 6) is 1.62. The molecule has 1 aromatic heterocycles. The van der Waals surface area contributed by atoms with E-state index in [9.17, 15) is 22.4 Å². The predicted octanol–water partition coefficient (Wildman–Crippen LogP) is 5.35. The lowest BCUT2D eigenvalue weighted by molar-refractivity contribution is -0.139. The lowest BCUT2D eigenvalue weighted by atomic mass is 10.1. The van der Waals surface area contributed by atoms with Crippen molar-refractivity contribution in [3.05, 3.63) is 48.0 Å². The van der Waals surface area contributed by atoms with Gasteiger partial charge in [-0.2, -0.15) is 13.2 Å². The molecule has 0 spiro atoms. The largest absolute Gasteiger partial charge is 0.481 e. The van der Waals surface area contributed by atoms with E-state index in [-0.39, 0.29) is 22.1 Å². The Balaban J connectivity index is 1.56. The zero-order valence-corrected chi connectivity index (χ0v) is 20.5. The number of fused-ring (bicyclic) bond motifs is 1. The third kappa shape index (κ3) is 6.68. The Morgan fingerprint density at radius 3 is 2.78 bits per heavy atom. The van der Waals surface area contributed by atoms with E-state index < -0.39 is 31.1 Å². The lowest BCUT2D eigenvalue weighted by Crippen LogP contribution is -2.36. The topological polar surface area (TPSA) is 88.5 Å². The summed E-state index contributed by atoms with van der Waals surface area (Å²) in [5, 5.41) is 5.52. The highest BCUT2D eigenvalue weighted by molar-refractivity contribution is 7.87. The smallest absolute Gasteiger partial charge is 0.405 e. The van der Waals surface area contributed by atoms with E-state index in [1.165, 1.54) is 24.9 Å². The van der Waals surface area contributed by atoms with Crippen LogP contribution in [0, 0.1) is 18.7 Å². The summed E-state index contributed by atoms with van der Waals surface area (Å²) in [7, 11) is 0.00405. The molecule has 12 heteroatoms. The number of carbonyl (C=O) groups excluding carboxylic acids is 1. The highest BCUT2D eigenvalue weighted by Crippen LogP contribution is 2.34. The highest BCUT2D eigenvalue weighted by Gasteiger charge is 2.27. The van der Waals surface area contributed by atoms with Gasteiger partial charge in [-0.3, -0.25) is 4.79 Å². The van der Waals surface area contributed by atoms with E-state index in [4.69, 9.17) is 9.10 Å². The molecular weight excluding hydrogens is 498 g/mol. The molecule has 1 fully saturated rings. The molecule has 192 valence electrons. The number of nitrogens with zero attached hydrogens (tertiary/aromatic N) is 3. The lowest BCUT2D eigenvalue weighted by Gasteiger charge is -2.15. The zero-order chi connectivity index (χ0) is 25.9. The van der Waals surface area contributed by atoms with Gasteiger partial charge in [-0.15, -0.1) is 0 Å². The zero-order valence-electron chi connectivity index (χ0n) is 19.7. The summed E-state index contributed by atoms with van der Waals surface area (Å²) in [5.41, 5.74) is 2.71. The molecule has 7 nitrogen and oxygen atoms in total. The van der Waals surface area contributed by atoms with E-state index in [1.807, 2.05) is 19.1 Å². The normalized spacial score (nSPS) is 17.9. The minimum atomic E-state index is -4.55. The van der Waals surface area contributed by atoms with Crippen molar-refractivity contribution in [3.8, 4) is 5.75 Å². The maximum atomic E-state index is 13.9. The number of carbonyl (C=O) groups is 1. The van der Waals surface area contributed by atoms with Gasteiger partial charge in [-0.05, 0) is 49.1 Å². The second-order valence-electron chi connectivity index (χ2n) is 8.64. The molecule has 1 aliphatic heterocycles. The van der Waals surface area contributed by atoms with Crippen LogP contribution in [0.3, 0.4) is 0 Å². The van der Waals surface area contributed by atoms with Crippen LogP contribution in [0.15, 0.2) is 41.0 Å². The van der Waals surface area contributed by atoms with E-state index in [1.54, 1.807) is 5.32 Å². The number of halogens is 4. The van der Waals surface area contributed by atoms with Gasteiger partial charge in [0.05, 0.1) is 16.9 Å². The maximum absolute atomic E-state index is 13.9. The third-order valence-electron chi connectivity index (χ3n) is 5.52. The molecule has 2 unspecified atom stereocenters. The molecule has 2 heterocycles. The quantitative estimate of drug-likeness (QED) is 0.408. The van der Waals surface area contributed by atoms with E-state index >= 15 is 0 Å². The van der Waals surface area contributed by atoms with Gasteiger partial charge in [0.15, 0.2) is 6.61 Å². The van der Waals surface area contributed by atoms with Crippen LogP contribution in [0.5, 0.6) is 5.75 Å². The van der Waals surface area contributed by atoms with E-state index in [0.29, 0.717) is 17.3 Å². The average molecular weight is 524 g/mol. The number of benzene rings is 2. The Morgan fingerprint density at radius 1 is 1.25 bits per heavy atom. The molecule has 1 aliphatic rings. The highest BCUT2D eigenvalue weighted by atomic mass is 32.2. The number of alkyl halides is 3. The fourth-order valence-electron chi connectivity index (χ4n) is 3.82. The average Bonchev–Trinajstić information content (AvgIpc) is 3.21. The maximum Gasteiger partial charge on any atom is 0.405 e. The molecule has 1 saturated heterocycles. The Kier molecular flexibility index (Phi) is 7.72. The Bertz CT molecular complexity index is 1320. The molecule has 36 heavy (non-hydrogen) atoms. The van der Waals surface area contributed by atoms with Crippen LogP contribution in [0.25, 0.3) is 10.9 Å². The number of hydrogen-bond donors (Lipinski definition) is 2. The number of rotatable bonds is 7. The first-order valence-electron chi connectivity index (χ1n) is 11.2. The molecule has 4 rings (SSSR count). The molecule has 0 bridgehead atoms. The first-order valence-corrected chi connectivity index (χ1v) is 12.8. The Morgan fingerprint density at radius 2 is 2.06 bits per heavy atom.